The van der Waals surface area contributed by atoms with Crippen molar-refractivity contribution in [2.24, 2.45) is 5.73 Å². The molecular formula is C12H21N3. The first-order valence-corrected chi connectivity index (χ1v) is 5.31. The van der Waals surface area contributed by atoms with Crippen molar-refractivity contribution in [1.29, 1.82) is 0 Å². The molecule has 0 aliphatic rings. The summed E-state index contributed by atoms with van der Waals surface area (Å²) in [6.07, 6.45) is 0. The summed E-state index contributed by atoms with van der Waals surface area (Å²) in [6, 6.07) is 6.35. The van der Waals surface area contributed by atoms with E-state index in [1.807, 2.05) is 0 Å². The molecule has 0 saturated carbocycles. The Morgan fingerprint density at radius 1 is 1.33 bits per heavy atom. The third-order valence-corrected chi connectivity index (χ3v) is 2.36. The van der Waals surface area contributed by atoms with Gasteiger partial charge >= 0.3 is 0 Å². The highest BCUT2D eigenvalue weighted by Gasteiger charge is 2.00. The molecule has 0 unspecified atom stereocenters. The van der Waals surface area contributed by atoms with E-state index in [1.165, 1.54) is 11.1 Å². The SMILES string of the molecule is Cc1ccc(NCCN(C)C)c(CN)c1. The van der Waals surface area contributed by atoms with Gasteiger partial charge in [-0.15, -0.1) is 0 Å². The van der Waals surface area contributed by atoms with Crippen molar-refractivity contribution in [2.45, 2.75) is 13.5 Å². The first-order chi connectivity index (χ1) is 7.13. The number of hydrogen-bond acceptors (Lipinski definition) is 3. The molecule has 0 saturated heterocycles. The van der Waals surface area contributed by atoms with Crippen molar-refractivity contribution >= 4 is 5.69 Å². The van der Waals surface area contributed by atoms with Gasteiger partial charge < -0.3 is 16.0 Å². The predicted octanol–water partition coefficient (Wildman–Crippen LogP) is 1.43. The van der Waals surface area contributed by atoms with Crippen LogP contribution in [0.5, 0.6) is 0 Å². The summed E-state index contributed by atoms with van der Waals surface area (Å²) in [4.78, 5) is 2.16. The average Bonchev–Trinajstić information content (AvgIpc) is 2.19. The number of aryl methyl sites for hydroxylation is 1. The summed E-state index contributed by atoms with van der Waals surface area (Å²) >= 11 is 0. The van der Waals surface area contributed by atoms with Crippen molar-refractivity contribution in [3.05, 3.63) is 29.3 Å². The minimum Gasteiger partial charge on any atom is -0.383 e. The van der Waals surface area contributed by atoms with Crippen LogP contribution in [0.2, 0.25) is 0 Å². The van der Waals surface area contributed by atoms with E-state index in [1.54, 1.807) is 0 Å². The number of hydrogen-bond donors (Lipinski definition) is 2. The zero-order chi connectivity index (χ0) is 11.3. The Kier molecular flexibility index (Phi) is 4.59. The molecule has 84 valence electrons. The molecule has 0 aromatic heterocycles. The molecule has 1 rings (SSSR count). The molecule has 1 aromatic carbocycles. The molecule has 3 N–H and O–H groups in total. The van der Waals surface area contributed by atoms with Crippen LogP contribution in [0.3, 0.4) is 0 Å². The molecule has 0 spiro atoms. The third-order valence-electron chi connectivity index (χ3n) is 2.36. The highest BCUT2D eigenvalue weighted by atomic mass is 15.1. The second kappa shape index (κ2) is 5.73. The van der Waals surface area contributed by atoms with Gasteiger partial charge in [0.25, 0.3) is 0 Å². The number of anilines is 1. The second-order valence-corrected chi connectivity index (χ2v) is 4.09. The van der Waals surface area contributed by atoms with Gasteiger partial charge in [-0.05, 0) is 32.6 Å². The number of benzene rings is 1. The summed E-state index contributed by atoms with van der Waals surface area (Å²) < 4.78 is 0. The molecule has 15 heavy (non-hydrogen) atoms. The molecule has 0 amide bonds. The van der Waals surface area contributed by atoms with Gasteiger partial charge in [-0.25, -0.2) is 0 Å². The fourth-order valence-corrected chi connectivity index (χ4v) is 1.48. The quantitative estimate of drug-likeness (QED) is 0.767. The van der Waals surface area contributed by atoms with Crippen molar-refractivity contribution in [3.63, 3.8) is 0 Å². The maximum Gasteiger partial charge on any atom is 0.0386 e. The molecule has 0 aliphatic carbocycles. The minimum atomic E-state index is 0.589. The van der Waals surface area contributed by atoms with Crippen molar-refractivity contribution in [3.8, 4) is 0 Å². The summed E-state index contributed by atoms with van der Waals surface area (Å²) in [5.41, 5.74) is 9.30. The Morgan fingerprint density at radius 3 is 2.67 bits per heavy atom. The fourth-order valence-electron chi connectivity index (χ4n) is 1.48. The van der Waals surface area contributed by atoms with E-state index in [0.29, 0.717) is 6.54 Å². The summed E-state index contributed by atoms with van der Waals surface area (Å²) in [6.45, 7) is 4.65. The number of likely N-dealkylation sites (N-methyl/N-ethyl adjacent to an activating group) is 1. The van der Waals surface area contributed by atoms with Crippen molar-refractivity contribution in [2.75, 3.05) is 32.5 Å². The van der Waals surface area contributed by atoms with E-state index in [4.69, 9.17) is 5.73 Å². The van der Waals surface area contributed by atoms with Gasteiger partial charge in [-0.3, -0.25) is 0 Å². The van der Waals surface area contributed by atoms with Crippen LogP contribution < -0.4 is 11.1 Å². The number of nitrogens with zero attached hydrogens (tertiary/aromatic N) is 1. The summed E-state index contributed by atoms with van der Waals surface area (Å²) in [7, 11) is 4.14. The van der Waals surface area contributed by atoms with Crippen LogP contribution >= 0.6 is 0 Å². The van der Waals surface area contributed by atoms with Gasteiger partial charge in [-0.1, -0.05) is 17.7 Å². The van der Waals surface area contributed by atoms with Gasteiger partial charge in [0.2, 0.25) is 0 Å². The smallest absolute Gasteiger partial charge is 0.0386 e. The van der Waals surface area contributed by atoms with Crippen LogP contribution in [0, 0.1) is 6.92 Å². The summed E-state index contributed by atoms with van der Waals surface area (Å²) in [5, 5.41) is 3.40. The normalized spacial score (nSPS) is 10.7. The lowest BCUT2D eigenvalue weighted by Gasteiger charge is -2.14. The molecule has 0 fully saturated rings. The largest absolute Gasteiger partial charge is 0.383 e. The average molecular weight is 207 g/mol. The van der Waals surface area contributed by atoms with Gasteiger partial charge in [0, 0.05) is 25.3 Å². The Balaban J connectivity index is 2.60. The highest BCUT2D eigenvalue weighted by molar-refractivity contribution is 5.52. The summed E-state index contributed by atoms with van der Waals surface area (Å²) in [5.74, 6) is 0. The number of rotatable bonds is 5. The highest BCUT2D eigenvalue weighted by Crippen LogP contribution is 2.16. The molecule has 0 heterocycles. The maximum absolute atomic E-state index is 5.70. The second-order valence-electron chi connectivity index (χ2n) is 4.09. The van der Waals surface area contributed by atoms with E-state index < -0.39 is 0 Å². The van der Waals surface area contributed by atoms with Crippen molar-refractivity contribution in [1.82, 2.24) is 4.90 Å². The predicted molar refractivity (Wildman–Crippen MR) is 66.1 cm³/mol. The van der Waals surface area contributed by atoms with Crippen LogP contribution in [0.25, 0.3) is 0 Å². The Bertz CT molecular complexity index is 308. The molecule has 0 atom stereocenters. The standard InChI is InChI=1S/C12H21N3/c1-10-4-5-12(11(8-10)9-13)14-6-7-15(2)3/h4-5,8,14H,6-7,9,13H2,1-3H3. The monoisotopic (exact) mass is 207 g/mol. The third kappa shape index (κ3) is 3.90. The van der Waals surface area contributed by atoms with E-state index >= 15 is 0 Å². The Labute approximate surface area is 92.3 Å². The van der Waals surface area contributed by atoms with Crippen molar-refractivity contribution < 1.29 is 0 Å². The van der Waals surface area contributed by atoms with E-state index in [9.17, 15) is 0 Å². The Morgan fingerprint density at radius 2 is 2.07 bits per heavy atom. The molecule has 0 radical (unpaired) electrons. The van der Waals surface area contributed by atoms with Gasteiger partial charge in [-0.2, -0.15) is 0 Å². The van der Waals surface area contributed by atoms with Crippen LogP contribution in [0.15, 0.2) is 18.2 Å². The lowest BCUT2D eigenvalue weighted by atomic mass is 10.1. The van der Waals surface area contributed by atoms with Gasteiger partial charge in [0.15, 0.2) is 0 Å². The van der Waals surface area contributed by atoms with Gasteiger partial charge in [0.1, 0.15) is 0 Å². The van der Waals surface area contributed by atoms with Crippen LogP contribution in [0.1, 0.15) is 11.1 Å². The number of nitrogens with one attached hydrogen (secondary N) is 1. The number of nitrogens with two attached hydrogens (primary N) is 1. The van der Waals surface area contributed by atoms with Crippen LogP contribution in [-0.4, -0.2) is 32.1 Å². The molecule has 3 nitrogen and oxygen atoms in total. The van der Waals surface area contributed by atoms with E-state index in [0.717, 1.165) is 18.8 Å². The first kappa shape index (κ1) is 12.0. The fraction of sp³-hybridized carbons (Fsp3) is 0.500. The van der Waals surface area contributed by atoms with Crippen LogP contribution in [-0.2, 0) is 6.54 Å². The zero-order valence-corrected chi connectivity index (χ0v) is 9.88. The first-order valence-electron chi connectivity index (χ1n) is 5.31. The lowest BCUT2D eigenvalue weighted by Crippen LogP contribution is -2.21. The Hall–Kier alpha value is -1.06. The minimum absolute atomic E-state index is 0.589. The molecule has 3 heteroatoms. The van der Waals surface area contributed by atoms with Gasteiger partial charge in [0.05, 0.1) is 0 Å². The molecule has 0 bridgehead atoms. The topological polar surface area (TPSA) is 41.3 Å². The zero-order valence-electron chi connectivity index (χ0n) is 9.88. The maximum atomic E-state index is 5.70. The van der Waals surface area contributed by atoms with E-state index in [-0.39, 0.29) is 0 Å². The van der Waals surface area contributed by atoms with Crippen LogP contribution in [0.4, 0.5) is 5.69 Å². The lowest BCUT2D eigenvalue weighted by molar-refractivity contribution is 0.425. The molecule has 1 aromatic rings. The molecular weight excluding hydrogens is 186 g/mol. The molecule has 0 aliphatic heterocycles. The van der Waals surface area contributed by atoms with E-state index in [2.05, 4.69) is 49.4 Å².